The van der Waals surface area contributed by atoms with E-state index in [-0.39, 0.29) is 12.3 Å². The van der Waals surface area contributed by atoms with Crippen LogP contribution < -0.4 is 19.6 Å². The van der Waals surface area contributed by atoms with Crippen LogP contribution in [0.15, 0.2) is 34.4 Å². The Morgan fingerprint density at radius 2 is 1.46 bits per heavy atom. The van der Waals surface area contributed by atoms with E-state index in [1.807, 2.05) is 27.7 Å². The van der Waals surface area contributed by atoms with Crippen LogP contribution >= 0.6 is 15.2 Å². The van der Waals surface area contributed by atoms with Crippen LogP contribution in [-0.4, -0.2) is 0 Å². The van der Waals surface area contributed by atoms with Crippen LogP contribution in [0.3, 0.4) is 0 Å². The monoisotopic (exact) mass is 376 g/mol. The maximum atomic E-state index is 10.9. The van der Waals surface area contributed by atoms with E-state index in [0.717, 1.165) is 25.3 Å². The minimum atomic E-state index is -5.56. The highest BCUT2D eigenvalue weighted by molar-refractivity contribution is 7.74. The molecule has 0 amide bonds. The van der Waals surface area contributed by atoms with Crippen LogP contribution in [0.1, 0.15) is 59.8 Å². The molecule has 6 nitrogen and oxygen atoms in total. The Hall–Kier alpha value is -0.480. The van der Waals surface area contributed by atoms with Crippen molar-refractivity contribution in [3.8, 4) is 0 Å². The smallest absolute Gasteiger partial charge is 0.00974 e. The van der Waals surface area contributed by atoms with E-state index in [1.54, 1.807) is 0 Å². The number of allylic oxidation sites excluding steroid dienone is 5. The molecular formula is C16H26O6P2-4. The summed E-state index contributed by atoms with van der Waals surface area (Å²) in [5.41, 5.74) is 2.53. The molecule has 0 aromatic carbocycles. The summed E-state index contributed by atoms with van der Waals surface area (Å²) < 4.78 is 21.7. The van der Waals surface area contributed by atoms with Crippen molar-refractivity contribution in [2.24, 2.45) is 5.92 Å². The van der Waals surface area contributed by atoms with Gasteiger partial charge in [-0.05, 0) is 79.0 Å². The van der Waals surface area contributed by atoms with Crippen LogP contribution in [0.5, 0.6) is 0 Å². The second-order valence-electron chi connectivity index (χ2n) is 6.35. The number of hydrogen-bond donors (Lipinski definition) is 0. The molecule has 0 aromatic heterocycles. The second-order valence-corrected chi connectivity index (χ2v) is 9.65. The fraction of sp³-hybridized carbons (Fsp3) is 0.625. The average molecular weight is 376 g/mol. The summed E-state index contributed by atoms with van der Waals surface area (Å²) >= 11 is 0. The molecule has 0 radical (unpaired) electrons. The van der Waals surface area contributed by atoms with E-state index in [2.05, 4.69) is 12.2 Å². The van der Waals surface area contributed by atoms with E-state index < -0.39 is 20.2 Å². The first kappa shape index (κ1) is 23.5. The lowest BCUT2D eigenvalue weighted by Crippen LogP contribution is -2.23. The van der Waals surface area contributed by atoms with Gasteiger partial charge in [0.05, 0.1) is 0 Å². The Bertz CT molecular complexity index is 551. The predicted molar refractivity (Wildman–Crippen MR) is 88.7 cm³/mol. The summed E-state index contributed by atoms with van der Waals surface area (Å²) in [5, 5.41) is -1.52. The Kier molecular flexibility index (Phi) is 10.3. The van der Waals surface area contributed by atoms with Gasteiger partial charge in [-0.3, -0.25) is 0 Å². The minimum absolute atomic E-state index is 0.0417. The topological polar surface area (TPSA) is 126 Å². The third kappa shape index (κ3) is 11.1. The van der Waals surface area contributed by atoms with Gasteiger partial charge in [0.15, 0.2) is 0 Å². The summed E-state index contributed by atoms with van der Waals surface area (Å²) in [6.07, 6.45) is 8.49. The van der Waals surface area contributed by atoms with Crippen LogP contribution in [0.2, 0.25) is 0 Å². The SMILES string of the molecule is CC(C)=CCC/C(C)=C/CCC(C)CC=C(P(=O)([O-])[O-])P(=O)([O-])[O-]. The molecule has 0 aromatic rings. The van der Waals surface area contributed by atoms with Gasteiger partial charge < -0.3 is 28.7 Å². The Morgan fingerprint density at radius 3 is 1.92 bits per heavy atom. The fourth-order valence-corrected chi connectivity index (χ4v) is 3.96. The molecule has 0 aliphatic carbocycles. The normalized spacial score (nSPS) is 14.2. The van der Waals surface area contributed by atoms with Gasteiger partial charge in [-0.15, -0.1) is 0 Å². The second kappa shape index (κ2) is 10.5. The maximum Gasteiger partial charge on any atom is -0.00974 e. The maximum absolute atomic E-state index is 10.9. The Labute approximate surface area is 144 Å². The zero-order valence-corrected chi connectivity index (χ0v) is 16.5. The summed E-state index contributed by atoms with van der Waals surface area (Å²) in [5.74, 6) is -0.0417. The predicted octanol–water partition coefficient (Wildman–Crippen LogP) is 2.15. The summed E-state index contributed by atoms with van der Waals surface area (Å²) in [7, 11) is -11.1. The first-order chi connectivity index (χ1) is 10.8. The van der Waals surface area contributed by atoms with Crippen molar-refractivity contribution >= 4 is 15.2 Å². The van der Waals surface area contributed by atoms with Crippen molar-refractivity contribution in [2.45, 2.75) is 59.8 Å². The molecule has 1 unspecified atom stereocenters. The number of rotatable bonds is 10. The molecule has 8 heteroatoms. The molecule has 0 aliphatic heterocycles. The average Bonchev–Trinajstić information content (AvgIpc) is 2.34. The largest absolute Gasteiger partial charge is 0.807 e. The van der Waals surface area contributed by atoms with Gasteiger partial charge in [0.25, 0.3) is 0 Å². The van der Waals surface area contributed by atoms with Crippen molar-refractivity contribution in [1.29, 1.82) is 0 Å². The molecule has 0 bridgehead atoms. The molecule has 0 saturated heterocycles. The number of hydrogen-bond acceptors (Lipinski definition) is 6. The lowest BCUT2D eigenvalue weighted by molar-refractivity contribution is -0.319. The van der Waals surface area contributed by atoms with Crippen molar-refractivity contribution in [1.82, 2.24) is 0 Å². The van der Waals surface area contributed by atoms with E-state index in [4.69, 9.17) is 0 Å². The molecule has 0 saturated carbocycles. The first-order valence-electron chi connectivity index (χ1n) is 7.88. The van der Waals surface area contributed by atoms with Crippen molar-refractivity contribution in [3.63, 3.8) is 0 Å². The summed E-state index contributed by atoms with van der Waals surface area (Å²) in [6.45, 7) is 7.95. The van der Waals surface area contributed by atoms with Crippen molar-refractivity contribution < 1.29 is 28.7 Å². The van der Waals surface area contributed by atoms with Crippen LogP contribution in [-0.2, 0) is 9.13 Å². The van der Waals surface area contributed by atoms with E-state index in [0.29, 0.717) is 6.42 Å². The highest BCUT2D eigenvalue weighted by atomic mass is 31.2. The standard InChI is InChI=1S/C16H30O6P2/c1-13(2)7-5-8-14(3)9-6-10-15(4)11-12-16(23(17,18)19)24(20,21)22/h7,9,12,15H,5-6,8,10-11H2,1-4H3,(H2,17,18,19)(H2,20,21,22)/p-4/b14-9+. The van der Waals surface area contributed by atoms with E-state index in [9.17, 15) is 28.7 Å². The molecular weight excluding hydrogens is 350 g/mol. The molecule has 0 fully saturated rings. The van der Waals surface area contributed by atoms with E-state index in [1.165, 1.54) is 11.1 Å². The van der Waals surface area contributed by atoms with Gasteiger partial charge in [0.1, 0.15) is 0 Å². The van der Waals surface area contributed by atoms with Crippen LogP contribution in [0.4, 0.5) is 0 Å². The van der Waals surface area contributed by atoms with Crippen molar-refractivity contribution in [2.75, 3.05) is 0 Å². The molecule has 0 aliphatic rings. The lowest BCUT2D eigenvalue weighted by atomic mass is 10.0. The van der Waals surface area contributed by atoms with E-state index >= 15 is 0 Å². The van der Waals surface area contributed by atoms with Gasteiger partial charge in [-0.1, -0.05) is 36.3 Å². The third-order valence-corrected chi connectivity index (χ3v) is 6.46. The minimum Gasteiger partial charge on any atom is -0.807 e. The quantitative estimate of drug-likeness (QED) is 0.425. The van der Waals surface area contributed by atoms with Gasteiger partial charge in [-0.2, -0.15) is 0 Å². The van der Waals surface area contributed by atoms with Gasteiger partial charge in [-0.25, -0.2) is 0 Å². The Balaban J connectivity index is 4.51. The molecule has 0 rings (SSSR count). The molecule has 1 atom stereocenters. The highest BCUT2D eigenvalue weighted by Crippen LogP contribution is 2.54. The zero-order valence-electron chi connectivity index (χ0n) is 14.7. The van der Waals surface area contributed by atoms with Crippen molar-refractivity contribution in [3.05, 3.63) is 34.4 Å². The van der Waals surface area contributed by atoms with Crippen LogP contribution in [0, 0.1) is 5.92 Å². The molecule has 140 valence electrons. The lowest BCUT2D eigenvalue weighted by Gasteiger charge is -2.43. The van der Waals surface area contributed by atoms with Gasteiger partial charge in [0, 0.05) is 0 Å². The van der Waals surface area contributed by atoms with Gasteiger partial charge in [0.2, 0.25) is 0 Å². The molecule has 0 spiro atoms. The van der Waals surface area contributed by atoms with Crippen LogP contribution in [0.25, 0.3) is 0 Å². The van der Waals surface area contributed by atoms with Gasteiger partial charge >= 0.3 is 0 Å². The molecule has 0 N–H and O–H groups in total. The highest BCUT2D eigenvalue weighted by Gasteiger charge is 2.08. The molecule has 0 heterocycles. The Morgan fingerprint density at radius 1 is 0.917 bits per heavy atom. The fourth-order valence-electron chi connectivity index (χ4n) is 2.10. The third-order valence-electron chi connectivity index (χ3n) is 3.51. The zero-order chi connectivity index (χ0) is 19.0. The summed E-state index contributed by atoms with van der Waals surface area (Å²) in [4.78, 5) is 43.4. The molecule has 24 heavy (non-hydrogen) atoms. The first-order valence-corrected chi connectivity index (χ1v) is 11.0. The summed E-state index contributed by atoms with van der Waals surface area (Å²) in [6, 6.07) is 0.